The smallest absolute Gasteiger partial charge is 0.254 e. The second kappa shape index (κ2) is 15.2. The number of amides is 2. The Balaban J connectivity index is 1.52. The van der Waals surface area contributed by atoms with Gasteiger partial charge < -0.3 is 35.8 Å². The molecule has 2 heterocycles. The number of ether oxygens (including phenoxy) is 1. The number of aliphatic hydroxyl groups excluding tert-OH is 1. The molecule has 0 aliphatic carbocycles. The number of allylic oxidation sites excluding steroid dienone is 2. The van der Waals surface area contributed by atoms with E-state index >= 15 is 4.39 Å². The normalized spacial score (nSPS) is 17.9. The Morgan fingerprint density at radius 1 is 1.16 bits per heavy atom. The zero-order valence-electron chi connectivity index (χ0n) is 25.9. The summed E-state index contributed by atoms with van der Waals surface area (Å²) in [6, 6.07) is 9.49. The first-order valence-electron chi connectivity index (χ1n) is 15.4. The van der Waals surface area contributed by atoms with Crippen molar-refractivity contribution in [3.63, 3.8) is 0 Å². The predicted molar refractivity (Wildman–Crippen MR) is 169 cm³/mol. The highest BCUT2D eigenvalue weighted by atomic mass is 19.1. The van der Waals surface area contributed by atoms with Gasteiger partial charge in [0.15, 0.2) is 0 Å². The number of nitrogens with one attached hydrogen (secondary N) is 3. The molecule has 0 saturated carbocycles. The number of carbonyl (C=O) groups is 2. The first kappa shape index (κ1) is 33.0. The van der Waals surface area contributed by atoms with Crippen LogP contribution in [0.1, 0.15) is 67.9 Å². The van der Waals surface area contributed by atoms with Crippen LogP contribution in [-0.4, -0.2) is 77.0 Å². The maximum absolute atomic E-state index is 15.4. The number of piperidine rings is 1. The number of rotatable bonds is 13. The summed E-state index contributed by atoms with van der Waals surface area (Å²) in [5.74, 6) is -0.183. The second-order valence-electron chi connectivity index (χ2n) is 12.2. The van der Waals surface area contributed by atoms with Gasteiger partial charge in [-0.25, -0.2) is 4.39 Å². The maximum Gasteiger partial charge on any atom is 0.254 e. The molecule has 0 bridgehead atoms. The average Bonchev–Trinajstić information content (AvgIpc) is 3.32. The van der Waals surface area contributed by atoms with Gasteiger partial charge in [0.25, 0.3) is 5.91 Å². The van der Waals surface area contributed by atoms with Crippen LogP contribution in [0.3, 0.4) is 0 Å². The first-order valence-corrected chi connectivity index (χ1v) is 15.4. The molecule has 2 saturated heterocycles. The second-order valence-corrected chi connectivity index (χ2v) is 12.2. The fourth-order valence-electron chi connectivity index (χ4n) is 5.46. The molecule has 0 unspecified atom stereocenters. The van der Waals surface area contributed by atoms with E-state index < -0.39 is 11.7 Å². The number of hydrogen-bond donors (Lipinski definition) is 4. The summed E-state index contributed by atoms with van der Waals surface area (Å²) in [7, 11) is 0. The lowest BCUT2D eigenvalue weighted by molar-refractivity contribution is -0.128. The molecule has 2 aliphatic rings. The van der Waals surface area contributed by atoms with Crippen LogP contribution in [0.25, 0.3) is 0 Å². The Hall–Kier alpha value is -3.89. The quantitative estimate of drug-likeness (QED) is 0.234. The van der Waals surface area contributed by atoms with Gasteiger partial charge in [0, 0.05) is 63.1 Å². The van der Waals surface area contributed by atoms with E-state index in [-0.39, 0.29) is 54.0 Å². The van der Waals surface area contributed by atoms with E-state index in [1.807, 2.05) is 20.8 Å². The standard InChI is InChI=1S/C34H44FN5O4/c1-22(2)30(36)9-10-31(37)24-5-7-27(8-6-24)44-32-19-28(29(35)18-25(32)21-40-20-23(3)17-33(40)42)34(43)38-26-11-14-39(15-12-26)13-4-16-41/h5-10,18-19,22-23,26,36-37,41H,4,11-17,20-21H2,1-3H3,(H,38,43)/b10-9-,36-30?,37-31?/t23-/m0/s1. The number of aliphatic hydroxyl groups is 1. The lowest BCUT2D eigenvalue weighted by Gasteiger charge is -2.32. The largest absolute Gasteiger partial charge is 0.457 e. The minimum atomic E-state index is -0.674. The number of carbonyl (C=O) groups excluding carboxylic acids is 2. The van der Waals surface area contributed by atoms with Crippen LogP contribution < -0.4 is 10.1 Å². The topological polar surface area (TPSA) is 130 Å². The summed E-state index contributed by atoms with van der Waals surface area (Å²) in [5.41, 5.74) is 1.68. The van der Waals surface area contributed by atoms with Crippen molar-refractivity contribution in [3.8, 4) is 11.5 Å². The van der Waals surface area contributed by atoms with Gasteiger partial charge in [-0.1, -0.05) is 20.8 Å². The summed E-state index contributed by atoms with van der Waals surface area (Å²) in [6.45, 7) is 9.14. The number of halogens is 1. The van der Waals surface area contributed by atoms with Gasteiger partial charge in [-0.15, -0.1) is 0 Å². The highest BCUT2D eigenvalue weighted by Crippen LogP contribution is 2.31. The van der Waals surface area contributed by atoms with Crippen molar-refractivity contribution in [2.24, 2.45) is 11.8 Å². The average molecular weight is 606 g/mol. The van der Waals surface area contributed by atoms with Gasteiger partial charge in [-0.05, 0) is 85.2 Å². The Morgan fingerprint density at radius 3 is 2.48 bits per heavy atom. The van der Waals surface area contributed by atoms with Crippen molar-refractivity contribution in [3.05, 3.63) is 71.1 Å². The van der Waals surface area contributed by atoms with Gasteiger partial charge in [0.2, 0.25) is 5.91 Å². The minimum absolute atomic E-state index is 0.00234. The number of likely N-dealkylation sites (tertiary alicyclic amines) is 2. The van der Waals surface area contributed by atoms with Crippen LogP contribution >= 0.6 is 0 Å². The van der Waals surface area contributed by atoms with E-state index in [0.29, 0.717) is 42.0 Å². The zero-order valence-corrected chi connectivity index (χ0v) is 25.9. The molecule has 0 aromatic heterocycles. The molecule has 0 spiro atoms. The fraction of sp³-hybridized carbons (Fsp3) is 0.471. The molecular formula is C34H44FN5O4. The number of nitrogens with zero attached hydrogens (tertiary/aromatic N) is 2. The monoisotopic (exact) mass is 605 g/mol. The summed E-state index contributed by atoms with van der Waals surface area (Å²) < 4.78 is 21.6. The lowest BCUT2D eigenvalue weighted by atomic mass is 10.0. The van der Waals surface area contributed by atoms with Crippen LogP contribution in [0.5, 0.6) is 11.5 Å². The summed E-state index contributed by atoms with van der Waals surface area (Å²) in [5, 5.41) is 28.3. The van der Waals surface area contributed by atoms with E-state index in [9.17, 15) is 9.59 Å². The van der Waals surface area contributed by atoms with E-state index in [4.69, 9.17) is 20.7 Å². The van der Waals surface area contributed by atoms with Gasteiger partial charge in [-0.2, -0.15) is 0 Å². The number of hydrogen-bond acceptors (Lipinski definition) is 7. The Morgan fingerprint density at radius 2 is 1.86 bits per heavy atom. The molecule has 0 radical (unpaired) electrons. The third-order valence-corrected chi connectivity index (χ3v) is 8.16. The van der Waals surface area contributed by atoms with Crippen LogP contribution in [-0.2, 0) is 11.3 Å². The molecule has 10 heteroatoms. The first-order chi connectivity index (χ1) is 21.0. The fourth-order valence-corrected chi connectivity index (χ4v) is 5.46. The molecule has 44 heavy (non-hydrogen) atoms. The Labute approximate surface area is 259 Å². The molecule has 2 aromatic carbocycles. The maximum atomic E-state index is 15.4. The van der Waals surface area contributed by atoms with Crippen LogP contribution in [0.15, 0.2) is 48.6 Å². The zero-order chi connectivity index (χ0) is 31.8. The van der Waals surface area contributed by atoms with Crippen molar-refractivity contribution in [2.45, 2.75) is 59.0 Å². The van der Waals surface area contributed by atoms with Crippen LogP contribution in [0.2, 0.25) is 0 Å². The predicted octanol–water partition coefficient (Wildman–Crippen LogP) is 5.16. The van der Waals surface area contributed by atoms with E-state index in [2.05, 4.69) is 10.2 Å². The molecular weight excluding hydrogens is 561 g/mol. The highest BCUT2D eigenvalue weighted by Gasteiger charge is 2.29. The SMILES string of the molecule is CC(C)C(=N)/C=C\C(=N)c1ccc(Oc2cc(C(=O)NC3CCN(CCCO)CC3)c(F)cc2CN2C[C@@H](C)CC2=O)cc1. The van der Waals surface area contributed by atoms with Crippen molar-refractivity contribution >= 4 is 23.2 Å². The third kappa shape index (κ3) is 8.83. The van der Waals surface area contributed by atoms with E-state index in [1.165, 1.54) is 12.1 Å². The van der Waals surface area contributed by atoms with Crippen LogP contribution in [0, 0.1) is 28.5 Å². The Kier molecular flexibility index (Phi) is 11.4. The van der Waals surface area contributed by atoms with E-state index in [0.717, 1.165) is 32.5 Å². The third-order valence-electron chi connectivity index (χ3n) is 8.16. The molecule has 2 aromatic rings. The van der Waals surface area contributed by atoms with Crippen molar-refractivity contribution in [1.82, 2.24) is 15.1 Å². The molecule has 4 N–H and O–H groups in total. The molecule has 2 aliphatic heterocycles. The molecule has 9 nitrogen and oxygen atoms in total. The molecule has 1 atom stereocenters. The molecule has 2 fully saturated rings. The summed E-state index contributed by atoms with van der Waals surface area (Å²) >= 11 is 0. The van der Waals surface area contributed by atoms with E-state index in [1.54, 1.807) is 41.3 Å². The van der Waals surface area contributed by atoms with Crippen molar-refractivity contribution in [2.75, 3.05) is 32.8 Å². The van der Waals surface area contributed by atoms with Crippen LogP contribution in [0.4, 0.5) is 4.39 Å². The van der Waals surface area contributed by atoms with Gasteiger partial charge in [0.05, 0.1) is 11.3 Å². The van der Waals surface area contributed by atoms with Gasteiger partial charge in [0.1, 0.15) is 17.3 Å². The minimum Gasteiger partial charge on any atom is -0.457 e. The highest BCUT2D eigenvalue weighted by molar-refractivity contribution is 6.10. The van der Waals surface area contributed by atoms with Crippen molar-refractivity contribution < 1.29 is 23.8 Å². The number of benzene rings is 2. The lowest BCUT2D eigenvalue weighted by Crippen LogP contribution is -2.45. The van der Waals surface area contributed by atoms with Gasteiger partial charge >= 0.3 is 0 Å². The Bertz CT molecular complexity index is 1380. The van der Waals surface area contributed by atoms with Gasteiger partial charge in [-0.3, -0.25) is 9.59 Å². The molecule has 2 amide bonds. The molecule has 4 rings (SSSR count). The van der Waals surface area contributed by atoms with Crippen molar-refractivity contribution in [1.29, 1.82) is 10.8 Å². The summed E-state index contributed by atoms with van der Waals surface area (Å²) in [4.78, 5) is 29.7. The summed E-state index contributed by atoms with van der Waals surface area (Å²) in [6.07, 6.45) is 5.85. The molecule has 236 valence electrons.